The van der Waals surface area contributed by atoms with Gasteiger partial charge in [0.15, 0.2) is 17.5 Å². The molecule has 1 aromatic heterocycles. The van der Waals surface area contributed by atoms with E-state index in [-0.39, 0.29) is 11.5 Å². The maximum Gasteiger partial charge on any atom is 0.194 e. The smallest absolute Gasteiger partial charge is 0.194 e. The standard InChI is InChI=1S/C11H8F3N3/c12-8-3-7(4-9(13)11(8)14)17-6-1-2-16-10(15)5-6/h1-5H,(H3,15,16,17). The van der Waals surface area contributed by atoms with Crippen LogP contribution in [-0.2, 0) is 0 Å². The van der Waals surface area contributed by atoms with Crippen LogP contribution in [0.15, 0.2) is 30.5 Å². The van der Waals surface area contributed by atoms with E-state index in [1.165, 1.54) is 12.3 Å². The highest BCUT2D eigenvalue weighted by molar-refractivity contribution is 5.61. The summed E-state index contributed by atoms with van der Waals surface area (Å²) in [6.07, 6.45) is 1.44. The van der Waals surface area contributed by atoms with Crippen LogP contribution in [0, 0.1) is 17.5 Å². The largest absolute Gasteiger partial charge is 0.384 e. The summed E-state index contributed by atoms with van der Waals surface area (Å²) in [5.74, 6) is -3.74. The number of hydrogen-bond donors (Lipinski definition) is 2. The second-order valence-corrected chi connectivity index (χ2v) is 3.35. The van der Waals surface area contributed by atoms with Crippen molar-refractivity contribution in [1.29, 1.82) is 0 Å². The Balaban J connectivity index is 2.31. The van der Waals surface area contributed by atoms with Crippen molar-refractivity contribution in [3.05, 3.63) is 47.9 Å². The number of aromatic nitrogens is 1. The third-order valence-corrected chi connectivity index (χ3v) is 2.05. The quantitative estimate of drug-likeness (QED) is 0.792. The van der Waals surface area contributed by atoms with Crippen molar-refractivity contribution in [3.8, 4) is 0 Å². The van der Waals surface area contributed by atoms with Crippen LogP contribution < -0.4 is 11.1 Å². The molecule has 0 bridgehead atoms. The molecule has 0 unspecified atom stereocenters. The molecule has 88 valence electrons. The molecule has 0 radical (unpaired) electrons. The van der Waals surface area contributed by atoms with Crippen molar-refractivity contribution in [2.75, 3.05) is 11.1 Å². The van der Waals surface area contributed by atoms with Crippen LogP contribution in [0.25, 0.3) is 0 Å². The first kappa shape index (κ1) is 11.3. The minimum atomic E-state index is -1.50. The number of nitrogens with zero attached hydrogens (tertiary/aromatic N) is 1. The fourth-order valence-electron chi connectivity index (χ4n) is 1.32. The molecule has 0 fully saturated rings. The zero-order valence-electron chi connectivity index (χ0n) is 8.55. The average molecular weight is 239 g/mol. The third-order valence-electron chi connectivity index (χ3n) is 2.05. The molecule has 0 aliphatic rings. The van der Waals surface area contributed by atoms with Gasteiger partial charge in [-0.25, -0.2) is 18.2 Å². The van der Waals surface area contributed by atoms with E-state index in [0.717, 1.165) is 12.1 Å². The topological polar surface area (TPSA) is 50.9 Å². The molecule has 0 aliphatic carbocycles. The highest BCUT2D eigenvalue weighted by atomic mass is 19.2. The van der Waals surface area contributed by atoms with Crippen LogP contribution in [0.3, 0.4) is 0 Å². The monoisotopic (exact) mass is 239 g/mol. The minimum absolute atomic E-state index is 0.0898. The molecular weight excluding hydrogens is 231 g/mol. The number of rotatable bonds is 2. The highest BCUT2D eigenvalue weighted by Gasteiger charge is 2.10. The normalized spacial score (nSPS) is 10.3. The van der Waals surface area contributed by atoms with Gasteiger partial charge in [-0.05, 0) is 6.07 Å². The van der Waals surface area contributed by atoms with E-state index >= 15 is 0 Å². The molecule has 0 spiro atoms. The van der Waals surface area contributed by atoms with Gasteiger partial charge in [-0.15, -0.1) is 0 Å². The van der Waals surface area contributed by atoms with Gasteiger partial charge in [0.25, 0.3) is 0 Å². The zero-order chi connectivity index (χ0) is 12.4. The fourth-order valence-corrected chi connectivity index (χ4v) is 1.32. The SMILES string of the molecule is Nc1cc(Nc2cc(F)c(F)c(F)c2)ccn1. The number of nitrogens with two attached hydrogens (primary N) is 1. The summed E-state index contributed by atoms with van der Waals surface area (Å²) in [5, 5.41) is 2.69. The van der Waals surface area contributed by atoms with Gasteiger partial charge in [-0.2, -0.15) is 0 Å². The van der Waals surface area contributed by atoms with E-state index in [9.17, 15) is 13.2 Å². The predicted octanol–water partition coefficient (Wildman–Crippen LogP) is 2.82. The maximum atomic E-state index is 12.9. The van der Waals surface area contributed by atoms with Crippen LogP contribution >= 0.6 is 0 Å². The Morgan fingerprint density at radius 2 is 1.65 bits per heavy atom. The summed E-state index contributed by atoms with van der Waals surface area (Å²) < 4.78 is 38.6. The van der Waals surface area contributed by atoms with Crippen LogP contribution in [0.5, 0.6) is 0 Å². The van der Waals surface area contributed by atoms with E-state index < -0.39 is 17.5 Å². The molecule has 0 atom stereocenters. The van der Waals surface area contributed by atoms with E-state index in [0.29, 0.717) is 5.69 Å². The Kier molecular flexibility index (Phi) is 2.86. The second-order valence-electron chi connectivity index (χ2n) is 3.35. The Labute approximate surface area is 95.1 Å². The van der Waals surface area contributed by atoms with Crippen molar-refractivity contribution in [3.63, 3.8) is 0 Å². The van der Waals surface area contributed by atoms with Gasteiger partial charge in [-0.3, -0.25) is 0 Å². The fraction of sp³-hybridized carbons (Fsp3) is 0. The van der Waals surface area contributed by atoms with Crippen LogP contribution in [-0.4, -0.2) is 4.98 Å². The molecule has 2 rings (SSSR count). The first-order chi connectivity index (χ1) is 8.06. The molecule has 17 heavy (non-hydrogen) atoms. The molecule has 0 saturated heterocycles. The van der Waals surface area contributed by atoms with Crippen molar-refractivity contribution < 1.29 is 13.2 Å². The maximum absolute atomic E-state index is 12.9. The number of anilines is 3. The first-order valence-electron chi connectivity index (χ1n) is 4.69. The van der Waals surface area contributed by atoms with E-state index in [2.05, 4.69) is 10.3 Å². The summed E-state index contributed by atoms with van der Waals surface area (Å²) in [7, 11) is 0. The van der Waals surface area contributed by atoms with Gasteiger partial charge in [0.05, 0.1) is 0 Å². The van der Waals surface area contributed by atoms with Crippen LogP contribution in [0.2, 0.25) is 0 Å². The predicted molar refractivity (Wildman–Crippen MR) is 58.2 cm³/mol. The lowest BCUT2D eigenvalue weighted by Gasteiger charge is -2.07. The van der Waals surface area contributed by atoms with E-state index in [1.54, 1.807) is 6.07 Å². The van der Waals surface area contributed by atoms with Gasteiger partial charge in [-0.1, -0.05) is 0 Å². The van der Waals surface area contributed by atoms with Gasteiger partial charge >= 0.3 is 0 Å². The van der Waals surface area contributed by atoms with Gasteiger partial charge in [0.2, 0.25) is 0 Å². The number of benzene rings is 1. The lowest BCUT2D eigenvalue weighted by Crippen LogP contribution is -1.97. The molecular formula is C11H8F3N3. The summed E-state index contributed by atoms with van der Waals surface area (Å²) in [6, 6.07) is 4.76. The van der Waals surface area contributed by atoms with Crippen LogP contribution in [0.1, 0.15) is 0 Å². The molecule has 2 aromatic rings. The number of nitrogen functional groups attached to an aromatic ring is 1. The molecule has 1 heterocycles. The Morgan fingerprint density at radius 3 is 2.24 bits per heavy atom. The Morgan fingerprint density at radius 1 is 1.00 bits per heavy atom. The molecule has 3 nitrogen and oxygen atoms in total. The second kappa shape index (κ2) is 4.32. The summed E-state index contributed by atoms with van der Waals surface area (Å²) in [4.78, 5) is 3.76. The van der Waals surface area contributed by atoms with Crippen LogP contribution in [0.4, 0.5) is 30.4 Å². The lowest BCUT2D eigenvalue weighted by molar-refractivity contribution is 0.448. The number of nitrogens with one attached hydrogen (secondary N) is 1. The number of hydrogen-bond acceptors (Lipinski definition) is 3. The van der Waals surface area contributed by atoms with E-state index in [4.69, 9.17) is 5.73 Å². The molecule has 0 amide bonds. The lowest BCUT2D eigenvalue weighted by atomic mass is 10.2. The van der Waals surface area contributed by atoms with Crippen molar-refractivity contribution in [2.24, 2.45) is 0 Å². The van der Waals surface area contributed by atoms with Crippen molar-refractivity contribution in [2.45, 2.75) is 0 Å². The number of halogens is 3. The zero-order valence-corrected chi connectivity index (χ0v) is 8.55. The first-order valence-corrected chi connectivity index (χ1v) is 4.69. The molecule has 0 aliphatic heterocycles. The van der Waals surface area contributed by atoms with Gasteiger partial charge in [0, 0.05) is 35.8 Å². The van der Waals surface area contributed by atoms with Crippen molar-refractivity contribution in [1.82, 2.24) is 4.98 Å². The summed E-state index contributed by atoms with van der Waals surface area (Å²) in [6.45, 7) is 0. The van der Waals surface area contributed by atoms with Gasteiger partial charge in [0.1, 0.15) is 5.82 Å². The number of pyridine rings is 1. The Bertz CT molecular complexity index is 534. The summed E-state index contributed by atoms with van der Waals surface area (Å²) >= 11 is 0. The minimum Gasteiger partial charge on any atom is -0.384 e. The average Bonchev–Trinajstić information content (AvgIpc) is 2.26. The molecule has 6 heteroatoms. The van der Waals surface area contributed by atoms with E-state index in [1.807, 2.05) is 0 Å². The van der Waals surface area contributed by atoms with Crippen molar-refractivity contribution >= 4 is 17.2 Å². The molecule has 1 aromatic carbocycles. The third kappa shape index (κ3) is 2.47. The Hall–Kier alpha value is -2.24. The summed E-state index contributed by atoms with van der Waals surface area (Å²) in [5.41, 5.74) is 6.03. The molecule has 3 N–H and O–H groups in total. The van der Waals surface area contributed by atoms with Gasteiger partial charge < -0.3 is 11.1 Å². The highest BCUT2D eigenvalue weighted by Crippen LogP contribution is 2.21. The molecule has 0 saturated carbocycles.